The molecular formula is C18H22N4O3. The van der Waals surface area contributed by atoms with Crippen LogP contribution in [0.15, 0.2) is 18.2 Å². The number of benzene rings is 1. The van der Waals surface area contributed by atoms with Crippen LogP contribution in [0.1, 0.15) is 40.4 Å². The quantitative estimate of drug-likeness (QED) is 0.765. The molecule has 1 aliphatic carbocycles. The molecule has 0 saturated carbocycles. The molecule has 2 aliphatic rings. The van der Waals surface area contributed by atoms with E-state index < -0.39 is 6.10 Å². The number of carbonyl (C=O) groups is 1. The van der Waals surface area contributed by atoms with Crippen molar-refractivity contribution in [2.24, 2.45) is 0 Å². The molecule has 0 spiro atoms. The summed E-state index contributed by atoms with van der Waals surface area (Å²) in [5.41, 5.74) is 9.61. The zero-order chi connectivity index (χ0) is 17.6. The number of carbonyl (C=O) groups excluding carboxylic acids is 1. The third kappa shape index (κ3) is 2.55. The molecule has 7 heteroatoms. The number of hydrogen-bond donors (Lipinski definition) is 3. The second kappa shape index (κ2) is 6.07. The average Bonchev–Trinajstić information content (AvgIpc) is 2.96. The molecule has 0 bridgehead atoms. The van der Waals surface area contributed by atoms with E-state index in [1.807, 2.05) is 18.2 Å². The normalized spacial score (nSPS) is 21.8. The first kappa shape index (κ1) is 16.0. The number of methoxy groups -OCH3 is 1. The molecule has 2 aromatic rings. The first-order valence-electron chi connectivity index (χ1n) is 8.59. The number of nitrogens with zero attached hydrogens (tertiary/aromatic N) is 2. The van der Waals surface area contributed by atoms with Crippen LogP contribution < -0.4 is 15.8 Å². The number of aryl methyl sites for hydroxylation is 1. The number of anilines is 2. The molecule has 25 heavy (non-hydrogen) atoms. The third-order valence-corrected chi connectivity index (χ3v) is 5.16. The summed E-state index contributed by atoms with van der Waals surface area (Å²) in [4.78, 5) is 13.2. The molecule has 1 aromatic carbocycles. The van der Waals surface area contributed by atoms with E-state index in [9.17, 15) is 9.90 Å². The number of ether oxygens (including phenoxy) is 1. The van der Waals surface area contributed by atoms with Crippen molar-refractivity contribution in [2.45, 2.75) is 37.7 Å². The van der Waals surface area contributed by atoms with Crippen LogP contribution in [-0.2, 0) is 12.8 Å². The van der Waals surface area contributed by atoms with Gasteiger partial charge in [-0.3, -0.25) is 4.79 Å². The molecule has 132 valence electrons. The molecule has 4 rings (SSSR count). The van der Waals surface area contributed by atoms with Crippen LogP contribution in [0.3, 0.4) is 0 Å². The highest BCUT2D eigenvalue weighted by Gasteiger charge is 2.33. The van der Waals surface area contributed by atoms with E-state index in [2.05, 4.69) is 10.4 Å². The highest BCUT2D eigenvalue weighted by molar-refractivity contribution is 5.91. The van der Waals surface area contributed by atoms with Gasteiger partial charge in [-0.1, -0.05) is 12.1 Å². The Balaban J connectivity index is 1.72. The third-order valence-electron chi connectivity index (χ3n) is 5.16. The van der Waals surface area contributed by atoms with Crippen LogP contribution in [0.5, 0.6) is 5.75 Å². The minimum Gasteiger partial charge on any atom is -0.495 e. The van der Waals surface area contributed by atoms with E-state index in [0.29, 0.717) is 38.0 Å². The highest BCUT2D eigenvalue weighted by atomic mass is 16.5. The van der Waals surface area contributed by atoms with Gasteiger partial charge in [0.2, 0.25) is 0 Å². The summed E-state index contributed by atoms with van der Waals surface area (Å²) in [6.07, 6.45) is 2.03. The van der Waals surface area contributed by atoms with Gasteiger partial charge in [-0.2, -0.15) is 9.78 Å². The molecule has 2 heterocycles. The number of rotatable bonds is 2. The molecule has 0 amide bonds. The number of aliphatic hydroxyl groups is 1. The molecule has 0 fully saturated rings. The van der Waals surface area contributed by atoms with Crippen LogP contribution in [0.2, 0.25) is 0 Å². The van der Waals surface area contributed by atoms with Crippen LogP contribution >= 0.6 is 0 Å². The maximum absolute atomic E-state index is 13.2. The van der Waals surface area contributed by atoms with Crippen LogP contribution in [0, 0.1) is 0 Å². The van der Waals surface area contributed by atoms with Gasteiger partial charge in [-0.25, -0.2) is 0 Å². The summed E-state index contributed by atoms with van der Waals surface area (Å²) >= 11 is 0. The van der Waals surface area contributed by atoms with Crippen molar-refractivity contribution in [3.8, 4) is 5.75 Å². The number of para-hydroxylation sites is 1. The van der Waals surface area contributed by atoms with Gasteiger partial charge in [0.05, 0.1) is 30.5 Å². The van der Waals surface area contributed by atoms with Gasteiger partial charge in [0.25, 0.3) is 5.91 Å². The van der Waals surface area contributed by atoms with E-state index >= 15 is 0 Å². The Bertz CT molecular complexity index is 830. The molecular weight excluding hydrogens is 320 g/mol. The predicted molar refractivity (Wildman–Crippen MR) is 94.1 cm³/mol. The van der Waals surface area contributed by atoms with E-state index in [4.69, 9.17) is 10.5 Å². The Morgan fingerprint density at radius 1 is 1.44 bits per heavy atom. The Hall–Kier alpha value is -2.54. The van der Waals surface area contributed by atoms with Crippen molar-refractivity contribution >= 4 is 17.4 Å². The summed E-state index contributed by atoms with van der Waals surface area (Å²) in [5, 5.41) is 17.6. The molecule has 0 radical (unpaired) electrons. The highest BCUT2D eigenvalue weighted by Crippen LogP contribution is 2.39. The van der Waals surface area contributed by atoms with Gasteiger partial charge in [-0.05, 0) is 30.9 Å². The van der Waals surface area contributed by atoms with Crippen LogP contribution in [0.4, 0.5) is 11.5 Å². The van der Waals surface area contributed by atoms with Gasteiger partial charge >= 0.3 is 0 Å². The standard InChI is InChI=1S/C18H22N4O3/c1-25-15-4-2-3-11-12(7-8-20-16(11)15)18(24)22-17(19)13-9-10(23)5-6-14(13)21-22/h2-4,10,12,20,23H,5-9,19H2,1H3/t10-,12?/m1/s1. The smallest absolute Gasteiger partial charge is 0.256 e. The minimum absolute atomic E-state index is 0.127. The lowest BCUT2D eigenvalue weighted by Gasteiger charge is -2.27. The second-order valence-corrected chi connectivity index (χ2v) is 6.65. The maximum atomic E-state index is 13.2. The Labute approximate surface area is 145 Å². The predicted octanol–water partition coefficient (Wildman–Crippen LogP) is 1.56. The SMILES string of the molecule is COc1cccc2c1NCCC2C(=O)n1nc2c(c1N)C[C@H](O)CC2. The Kier molecular flexibility index (Phi) is 3.88. The number of aliphatic hydroxyl groups excluding tert-OH is 1. The number of nitrogen functional groups attached to an aromatic ring is 1. The fourth-order valence-corrected chi connectivity index (χ4v) is 3.84. The largest absolute Gasteiger partial charge is 0.495 e. The monoisotopic (exact) mass is 342 g/mol. The van der Waals surface area contributed by atoms with Crippen molar-refractivity contribution in [1.82, 2.24) is 9.78 Å². The van der Waals surface area contributed by atoms with E-state index in [1.54, 1.807) is 7.11 Å². The fraction of sp³-hybridized carbons (Fsp3) is 0.444. The van der Waals surface area contributed by atoms with Gasteiger partial charge in [0.1, 0.15) is 11.6 Å². The van der Waals surface area contributed by atoms with Crippen molar-refractivity contribution in [3.05, 3.63) is 35.0 Å². The molecule has 1 aromatic heterocycles. The molecule has 1 aliphatic heterocycles. The first-order chi connectivity index (χ1) is 12.1. The number of hydrogen-bond acceptors (Lipinski definition) is 6. The lowest BCUT2D eigenvalue weighted by molar-refractivity contribution is 0.0859. The van der Waals surface area contributed by atoms with Crippen molar-refractivity contribution in [1.29, 1.82) is 0 Å². The molecule has 1 unspecified atom stereocenters. The van der Waals surface area contributed by atoms with Crippen molar-refractivity contribution in [3.63, 3.8) is 0 Å². The number of nitrogens with two attached hydrogens (primary N) is 1. The summed E-state index contributed by atoms with van der Waals surface area (Å²) in [7, 11) is 1.62. The summed E-state index contributed by atoms with van der Waals surface area (Å²) < 4.78 is 6.73. The summed E-state index contributed by atoms with van der Waals surface area (Å²) in [5.74, 6) is 0.643. The van der Waals surface area contributed by atoms with Gasteiger partial charge in [0, 0.05) is 18.5 Å². The Morgan fingerprint density at radius 3 is 3.08 bits per heavy atom. The molecule has 4 N–H and O–H groups in total. The van der Waals surface area contributed by atoms with E-state index in [1.165, 1.54) is 4.68 Å². The van der Waals surface area contributed by atoms with E-state index in [0.717, 1.165) is 28.3 Å². The van der Waals surface area contributed by atoms with E-state index in [-0.39, 0.29) is 11.8 Å². The van der Waals surface area contributed by atoms with Crippen molar-refractivity contribution in [2.75, 3.05) is 24.7 Å². The minimum atomic E-state index is -0.411. The fourth-order valence-electron chi connectivity index (χ4n) is 3.84. The topological polar surface area (TPSA) is 102 Å². The molecule has 2 atom stereocenters. The summed E-state index contributed by atoms with van der Waals surface area (Å²) in [6, 6.07) is 5.70. The zero-order valence-corrected chi connectivity index (χ0v) is 14.2. The van der Waals surface area contributed by atoms with Gasteiger partial charge in [-0.15, -0.1) is 0 Å². The number of aromatic nitrogens is 2. The average molecular weight is 342 g/mol. The first-order valence-corrected chi connectivity index (χ1v) is 8.59. The van der Waals surface area contributed by atoms with Gasteiger partial charge in [0.15, 0.2) is 0 Å². The summed E-state index contributed by atoms with van der Waals surface area (Å²) in [6.45, 7) is 0.684. The number of fused-ring (bicyclic) bond motifs is 2. The maximum Gasteiger partial charge on any atom is 0.256 e. The van der Waals surface area contributed by atoms with Crippen molar-refractivity contribution < 1.29 is 14.6 Å². The molecule has 0 saturated heterocycles. The van der Waals surface area contributed by atoms with Gasteiger partial charge < -0.3 is 20.9 Å². The second-order valence-electron chi connectivity index (χ2n) is 6.65. The lowest BCUT2D eigenvalue weighted by Crippen LogP contribution is -2.28. The van der Waals surface area contributed by atoms with Crippen LogP contribution in [0.25, 0.3) is 0 Å². The Morgan fingerprint density at radius 2 is 2.28 bits per heavy atom. The molecule has 7 nitrogen and oxygen atoms in total. The number of nitrogens with one attached hydrogen (secondary N) is 1. The lowest BCUT2D eigenvalue weighted by atomic mass is 9.90. The zero-order valence-electron chi connectivity index (χ0n) is 14.2. The van der Waals surface area contributed by atoms with Crippen LogP contribution in [-0.4, -0.2) is 40.6 Å².